The zero-order valence-electron chi connectivity index (χ0n) is 15.7. The molecule has 0 aliphatic heterocycles. The van der Waals surface area contributed by atoms with E-state index in [2.05, 4.69) is 31.4 Å². The minimum Gasteiger partial charge on any atom is -0.494 e. The molecule has 140 valence electrons. The molecule has 5 nitrogen and oxygen atoms in total. The number of ether oxygens (including phenoxy) is 2. The van der Waals surface area contributed by atoms with Crippen LogP contribution in [0, 0.1) is 5.92 Å². The minimum absolute atomic E-state index is 0.119. The van der Waals surface area contributed by atoms with Crippen LogP contribution in [0.25, 0.3) is 0 Å². The number of carbonyl (C=O) groups is 1. The zero-order valence-corrected chi connectivity index (χ0v) is 15.7. The molecule has 2 rings (SSSR count). The summed E-state index contributed by atoms with van der Waals surface area (Å²) in [4.78, 5) is 12.2. The lowest BCUT2D eigenvalue weighted by molar-refractivity contribution is -0.114. The summed E-state index contributed by atoms with van der Waals surface area (Å²) in [6, 6.07) is 15.0. The highest BCUT2D eigenvalue weighted by Crippen LogP contribution is 2.19. The van der Waals surface area contributed by atoms with Crippen LogP contribution in [-0.2, 0) is 4.79 Å². The Kier molecular flexibility index (Phi) is 7.80. The van der Waals surface area contributed by atoms with E-state index in [1.807, 2.05) is 48.5 Å². The Morgan fingerprint density at radius 2 is 1.65 bits per heavy atom. The molecule has 0 spiro atoms. The van der Waals surface area contributed by atoms with E-state index >= 15 is 0 Å². The van der Waals surface area contributed by atoms with E-state index in [1.165, 1.54) is 0 Å². The predicted octanol–water partition coefficient (Wildman–Crippen LogP) is 4.56. The number of carbonyl (C=O) groups excluding carboxylic acids is 1. The maximum Gasteiger partial charge on any atom is 0.243 e. The van der Waals surface area contributed by atoms with Crippen molar-refractivity contribution in [3.63, 3.8) is 0 Å². The predicted molar refractivity (Wildman–Crippen MR) is 106 cm³/mol. The first-order valence-corrected chi connectivity index (χ1v) is 9.06. The Labute approximate surface area is 155 Å². The van der Waals surface area contributed by atoms with E-state index in [0.29, 0.717) is 19.1 Å². The molecule has 0 aliphatic rings. The average molecular weight is 356 g/mol. The highest BCUT2D eigenvalue weighted by Gasteiger charge is 2.05. The number of benzene rings is 2. The molecule has 1 amide bonds. The molecule has 2 N–H and O–H groups in total. The SMILES string of the molecule is CCCOc1cccc(NC(=O)CNc2cccc(OCC(C)C)c2)c1. The van der Waals surface area contributed by atoms with Gasteiger partial charge in [0.2, 0.25) is 5.91 Å². The summed E-state index contributed by atoms with van der Waals surface area (Å²) >= 11 is 0. The smallest absolute Gasteiger partial charge is 0.243 e. The Balaban J connectivity index is 1.84. The second kappa shape index (κ2) is 10.3. The van der Waals surface area contributed by atoms with Crippen LogP contribution in [0.3, 0.4) is 0 Å². The van der Waals surface area contributed by atoms with Gasteiger partial charge in [0.05, 0.1) is 19.8 Å². The van der Waals surface area contributed by atoms with E-state index in [4.69, 9.17) is 9.47 Å². The van der Waals surface area contributed by atoms with Crippen LogP contribution in [0.1, 0.15) is 27.2 Å². The van der Waals surface area contributed by atoms with E-state index in [0.717, 1.165) is 29.3 Å². The van der Waals surface area contributed by atoms with Crippen LogP contribution in [-0.4, -0.2) is 25.7 Å². The molecular weight excluding hydrogens is 328 g/mol. The average Bonchev–Trinajstić information content (AvgIpc) is 2.64. The molecule has 0 aromatic heterocycles. The fourth-order valence-corrected chi connectivity index (χ4v) is 2.23. The normalized spacial score (nSPS) is 10.5. The first-order valence-electron chi connectivity index (χ1n) is 9.06. The van der Waals surface area contributed by atoms with Crippen molar-refractivity contribution in [1.29, 1.82) is 0 Å². The monoisotopic (exact) mass is 356 g/mol. The van der Waals surface area contributed by atoms with Gasteiger partial charge in [0.25, 0.3) is 0 Å². The lowest BCUT2D eigenvalue weighted by atomic mass is 10.2. The van der Waals surface area contributed by atoms with Crippen molar-refractivity contribution in [2.75, 3.05) is 30.4 Å². The largest absolute Gasteiger partial charge is 0.494 e. The van der Waals surface area contributed by atoms with E-state index < -0.39 is 0 Å². The Morgan fingerprint density at radius 3 is 2.35 bits per heavy atom. The van der Waals surface area contributed by atoms with Crippen LogP contribution >= 0.6 is 0 Å². The van der Waals surface area contributed by atoms with Gasteiger partial charge < -0.3 is 20.1 Å². The molecule has 2 aromatic carbocycles. The van der Waals surface area contributed by atoms with Gasteiger partial charge in [0.15, 0.2) is 0 Å². The lowest BCUT2D eigenvalue weighted by Crippen LogP contribution is -2.21. The number of nitrogens with one attached hydrogen (secondary N) is 2. The second-order valence-electron chi connectivity index (χ2n) is 6.51. The van der Waals surface area contributed by atoms with Gasteiger partial charge in [-0.3, -0.25) is 4.79 Å². The first kappa shape index (κ1) is 19.6. The highest BCUT2D eigenvalue weighted by molar-refractivity contribution is 5.93. The van der Waals surface area contributed by atoms with Gasteiger partial charge in [-0.2, -0.15) is 0 Å². The van der Waals surface area contributed by atoms with Gasteiger partial charge in [-0.1, -0.05) is 32.9 Å². The summed E-state index contributed by atoms with van der Waals surface area (Å²) in [5.41, 5.74) is 1.57. The van der Waals surface area contributed by atoms with Crippen molar-refractivity contribution in [2.45, 2.75) is 27.2 Å². The van der Waals surface area contributed by atoms with E-state index in [9.17, 15) is 4.79 Å². The number of hydrogen-bond acceptors (Lipinski definition) is 4. The fraction of sp³-hybridized carbons (Fsp3) is 0.381. The summed E-state index contributed by atoms with van der Waals surface area (Å²) in [6.07, 6.45) is 0.945. The lowest BCUT2D eigenvalue weighted by Gasteiger charge is -2.12. The Hall–Kier alpha value is -2.69. The van der Waals surface area contributed by atoms with Gasteiger partial charge in [-0.25, -0.2) is 0 Å². The summed E-state index contributed by atoms with van der Waals surface area (Å²) in [5.74, 6) is 1.90. The molecule has 0 atom stereocenters. The third-order valence-electron chi connectivity index (χ3n) is 3.46. The van der Waals surface area contributed by atoms with Crippen LogP contribution in [0.15, 0.2) is 48.5 Å². The summed E-state index contributed by atoms with van der Waals surface area (Å²) < 4.78 is 11.3. The maximum absolute atomic E-state index is 12.2. The van der Waals surface area contributed by atoms with Crippen molar-refractivity contribution in [3.05, 3.63) is 48.5 Å². The topological polar surface area (TPSA) is 59.6 Å². The van der Waals surface area contributed by atoms with Gasteiger partial charge in [0.1, 0.15) is 11.5 Å². The molecule has 0 saturated carbocycles. The van der Waals surface area contributed by atoms with E-state index in [-0.39, 0.29) is 12.5 Å². The summed E-state index contributed by atoms with van der Waals surface area (Å²) in [5, 5.41) is 5.99. The molecular formula is C21H28N2O3. The highest BCUT2D eigenvalue weighted by atomic mass is 16.5. The molecule has 0 unspecified atom stereocenters. The molecule has 0 saturated heterocycles. The number of rotatable bonds is 10. The minimum atomic E-state index is -0.119. The fourth-order valence-electron chi connectivity index (χ4n) is 2.23. The van der Waals surface area contributed by atoms with E-state index in [1.54, 1.807) is 0 Å². The molecule has 0 radical (unpaired) electrons. The van der Waals surface area contributed by atoms with Crippen LogP contribution in [0.2, 0.25) is 0 Å². The van der Waals surface area contributed by atoms with Crippen LogP contribution < -0.4 is 20.1 Å². The van der Waals surface area contributed by atoms with Crippen molar-refractivity contribution in [3.8, 4) is 11.5 Å². The van der Waals surface area contributed by atoms with Gasteiger partial charge in [-0.15, -0.1) is 0 Å². The Bertz CT molecular complexity index is 701. The third kappa shape index (κ3) is 7.05. The third-order valence-corrected chi connectivity index (χ3v) is 3.46. The van der Waals surface area contributed by atoms with Crippen molar-refractivity contribution >= 4 is 17.3 Å². The summed E-state index contributed by atoms with van der Waals surface area (Å²) in [7, 11) is 0. The Morgan fingerprint density at radius 1 is 1.00 bits per heavy atom. The summed E-state index contributed by atoms with van der Waals surface area (Å²) in [6.45, 7) is 7.77. The molecule has 5 heteroatoms. The molecule has 2 aromatic rings. The number of amides is 1. The molecule has 0 fully saturated rings. The number of hydrogen-bond donors (Lipinski definition) is 2. The van der Waals surface area contributed by atoms with Crippen molar-refractivity contribution in [2.24, 2.45) is 5.92 Å². The standard InChI is InChI=1S/C21H28N2O3/c1-4-11-25-19-9-6-8-18(13-19)23-21(24)14-22-17-7-5-10-20(12-17)26-15-16(2)3/h5-10,12-13,16,22H,4,11,14-15H2,1-3H3,(H,23,24). The van der Waals surface area contributed by atoms with Crippen molar-refractivity contribution in [1.82, 2.24) is 0 Å². The van der Waals surface area contributed by atoms with Crippen molar-refractivity contribution < 1.29 is 14.3 Å². The maximum atomic E-state index is 12.2. The van der Waals surface area contributed by atoms with Crippen LogP contribution in [0.4, 0.5) is 11.4 Å². The molecule has 26 heavy (non-hydrogen) atoms. The second-order valence-corrected chi connectivity index (χ2v) is 6.51. The van der Waals surface area contributed by atoms with Gasteiger partial charge in [-0.05, 0) is 36.6 Å². The molecule has 0 aliphatic carbocycles. The molecule has 0 heterocycles. The van der Waals surface area contributed by atoms with Gasteiger partial charge >= 0.3 is 0 Å². The quantitative estimate of drug-likeness (QED) is 0.655. The zero-order chi connectivity index (χ0) is 18.8. The molecule has 0 bridgehead atoms. The number of anilines is 2. The van der Waals surface area contributed by atoms with Crippen LogP contribution in [0.5, 0.6) is 11.5 Å². The van der Waals surface area contributed by atoms with Gasteiger partial charge in [0, 0.05) is 23.5 Å². The first-order chi connectivity index (χ1) is 12.6.